The number of hydrogen-bond acceptors (Lipinski definition) is 2. The van der Waals surface area contributed by atoms with Crippen molar-refractivity contribution in [2.24, 2.45) is 11.8 Å². The number of nitriles is 1. The first-order valence-corrected chi connectivity index (χ1v) is 7.05. The highest BCUT2D eigenvalue weighted by molar-refractivity contribution is 5.90. The molecule has 2 heteroatoms. The summed E-state index contributed by atoms with van der Waals surface area (Å²) in [6, 6.07) is 8.12. The molecule has 1 aliphatic carbocycles. The topological polar surface area (TPSA) is 40.9 Å². The Morgan fingerprint density at radius 3 is 2.58 bits per heavy atom. The first kappa shape index (κ1) is 13.8. The van der Waals surface area contributed by atoms with E-state index in [0.29, 0.717) is 5.92 Å². The summed E-state index contributed by atoms with van der Waals surface area (Å²) in [6.45, 7) is 6.20. The molecule has 3 atom stereocenters. The van der Waals surface area contributed by atoms with Crippen LogP contribution in [-0.2, 0) is 4.79 Å². The van der Waals surface area contributed by atoms with Gasteiger partial charge in [-0.1, -0.05) is 31.5 Å². The molecular formula is C17H21NO. The lowest BCUT2D eigenvalue weighted by molar-refractivity contribution is -0.124. The number of hydrogen-bond donors (Lipinski definition) is 0. The fourth-order valence-electron chi connectivity index (χ4n) is 3.03. The Hall–Kier alpha value is -1.62. The third-order valence-corrected chi connectivity index (χ3v) is 4.50. The van der Waals surface area contributed by atoms with Gasteiger partial charge in [-0.3, -0.25) is 4.79 Å². The number of carbonyl (C=O) groups excluding carboxylic acids is 1. The molecular weight excluding hydrogens is 234 g/mol. The van der Waals surface area contributed by atoms with Gasteiger partial charge in [0.05, 0.1) is 6.07 Å². The molecule has 2 rings (SSSR count). The molecule has 1 aromatic rings. The predicted octanol–water partition coefficient (Wildman–Crippen LogP) is 3.92. The highest BCUT2D eigenvalue weighted by atomic mass is 16.1. The average molecular weight is 255 g/mol. The van der Waals surface area contributed by atoms with E-state index in [1.807, 2.05) is 32.0 Å². The second-order valence-electron chi connectivity index (χ2n) is 5.82. The molecule has 0 amide bonds. The van der Waals surface area contributed by atoms with Crippen LogP contribution in [0.5, 0.6) is 0 Å². The highest BCUT2D eigenvalue weighted by Crippen LogP contribution is 2.35. The first-order chi connectivity index (χ1) is 9.04. The van der Waals surface area contributed by atoms with E-state index in [1.54, 1.807) is 0 Å². The minimum absolute atomic E-state index is 0.0752. The molecule has 1 aliphatic rings. The molecule has 0 aromatic heterocycles. The van der Waals surface area contributed by atoms with E-state index < -0.39 is 5.92 Å². The first-order valence-electron chi connectivity index (χ1n) is 7.05. The molecule has 100 valence electrons. The number of rotatable bonds is 3. The number of nitrogens with zero attached hydrogens (tertiary/aromatic N) is 1. The Morgan fingerprint density at radius 2 is 2.05 bits per heavy atom. The van der Waals surface area contributed by atoms with Crippen molar-refractivity contribution in [2.75, 3.05) is 0 Å². The van der Waals surface area contributed by atoms with Crippen LogP contribution in [0.25, 0.3) is 0 Å². The monoisotopic (exact) mass is 255 g/mol. The largest absolute Gasteiger partial charge is 0.298 e. The second kappa shape index (κ2) is 5.57. The second-order valence-corrected chi connectivity index (χ2v) is 5.82. The van der Waals surface area contributed by atoms with Crippen molar-refractivity contribution < 1.29 is 4.79 Å². The molecule has 2 nitrogen and oxygen atoms in total. The van der Waals surface area contributed by atoms with Crippen LogP contribution in [0.2, 0.25) is 0 Å². The summed E-state index contributed by atoms with van der Waals surface area (Å²) in [6.07, 6.45) is 3.17. The van der Waals surface area contributed by atoms with E-state index in [4.69, 9.17) is 0 Å². The zero-order valence-electron chi connectivity index (χ0n) is 11.9. The number of Topliss-reactive ketones (excluding diaryl/α,β-unsaturated/α-hetero) is 1. The lowest BCUT2D eigenvalue weighted by Gasteiger charge is -2.18. The summed E-state index contributed by atoms with van der Waals surface area (Å²) in [7, 11) is 0. The Labute approximate surface area is 115 Å². The summed E-state index contributed by atoms with van der Waals surface area (Å²) in [5, 5.41) is 9.39. The van der Waals surface area contributed by atoms with Crippen LogP contribution in [0.4, 0.5) is 0 Å². The van der Waals surface area contributed by atoms with Crippen molar-refractivity contribution in [2.45, 2.75) is 46.0 Å². The van der Waals surface area contributed by atoms with Gasteiger partial charge in [-0.25, -0.2) is 0 Å². The van der Waals surface area contributed by atoms with Crippen molar-refractivity contribution in [1.29, 1.82) is 5.26 Å². The fraction of sp³-hybridized carbons (Fsp3) is 0.529. The van der Waals surface area contributed by atoms with Crippen molar-refractivity contribution >= 4 is 5.78 Å². The van der Waals surface area contributed by atoms with E-state index in [2.05, 4.69) is 13.0 Å². The van der Waals surface area contributed by atoms with Crippen molar-refractivity contribution in [3.63, 3.8) is 0 Å². The van der Waals surface area contributed by atoms with Crippen molar-refractivity contribution in [3.8, 4) is 6.07 Å². The molecule has 0 spiro atoms. The van der Waals surface area contributed by atoms with Crippen molar-refractivity contribution in [3.05, 3.63) is 34.9 Å². The van der Waals surface area contributed by atoms with Gasteiger partial charge in [0, 0.05) is 5.92 Å². The summed E-state index contributed by atoms with van der Waals surface area (Å²) >= 11 is 0. The van der Waals surface area contributed by atoms with Gasteiger partial charge in [0.15, 0.2) is 5.78 Å². The lowest BCUT2D eigenvalue weighted by atomic mass is 9.83. The quantitative estimate of drug-likeness (QED) is 0.821. The SMILES string of the molecule is Cc1ccc(C(C#N)C(=O)C2CCCC2C)cc1C. The zero-order chi connectivity index (χ0) is 14.0. The molecule has 0 heterocycles. The number of ketones is 1. The van der Waals surface area contributed by atoms with Crippen molar-refractivity contribution in [1.82, 2.24) is 0 Å². The highest BCUT2D eigenvalue weighted by Gasteiger charge is 2.34. The molecule has 3 unspecified atom stereocenters. The maximum absolute atomic E-state index is 12.6. The number of aryl methyl sites for hydroxylation is 2. The Kier molecular flexibility index (Phi) is 4.04. The number of carbonyl (C=O) groups is 1. The van der Waals surface area contributed by atoms with E-state index in [9.17, 15) is 10.1 Å². The third-order valence-electron chi connectivity index (χ3n) is 4.50. The summed E-state index contributed by atoms with van der Waals surface area (Å²) in [5.74, 6) is 0.0294. The molecule has 1 saturated carbocycles. The van der Waals surface area contributed by atoms with E-state index in [1.165, 1.54) is 5.56 Å². The van der Waals surface area contributed by atoms with Gasteiger partial charge in [0.2, 0.25) is 0 Å². The average Bonchev–Trinajstić information content (AvgIpc) is 2.80. The maximum atomic E-state index is 12.6. The molecule has 0 aliphatic heterocycles. The van der Waals surface area contributed by atoms with Crippen LogP contribution in [0.3, 0.4) is 0 Å². The van der Waals surface area contributed by atoms with Crippen LogP contribution in [-0.4, -0.2) is 5.78 Å². The molecule has 0 saturated heterocycles. The molecule has 0 N–H and O–H groups in total. The van der Waals surface area contributed by atoms with Gasteiger partial charge in [0.25, 0.3) is 0 Å². The molecule has 0 radical (unpaired) electrons. The van der Waals surface area contributed by atoms with Crippen LogP contribution < -0.4 is 0 Å². The standard InChI is InChI=1S/C17H21NO/c1-11-7-8-14(9-13(11)3)16(10-18)17(19)15-6-4-5-12(15)2/h7-9,12,15-16H,4-6H2,1-3H3. The minimum Gasteiger partial charge on any atom is -0.298 e. The van der Waals surface area contributed by atoms with Gasteiger partial charge in [0.1, 0.15) is 5.92 Å². The van der Waals surface area contributed by atoms with E-state index in [0.717, 1.165) is 30.4 Å². The summed E-state index contributed by atoms with van der Waals surface area (Å²) < 4.78 is 0. The summed E-state index contributed by atoms with van der Waals surface area (Å²) in [4.78, 5) is 12.6. The minimum atomic E-state index is -0.593. The normalized spacial score (nSPS) is 23.9. The smallest absolute Gasteiger partial charge is 0.157 e. The Morgan fingerprint density at radius 1 is 1.32 bits per heavy atom. The van der Waals surface area contributed by atoms with E-state index >= 15 is 0 Å². The molecule has 19 heavy (non-hydrogen) atoms. The van der Waals surface area contributed by atoms with E-state index in [-0.39, 0.29) is 11.7 Å². The van der Waals surface area contributed by atoms with Crippen LogP contribution in [0.1, 0.15) is 48.8 Å². The van der Waals surface area contributed by atoms with Gasteiger partial charge in [-0.05, 0) is 49.3 Å². The Balaban J connectivity index is 2.27. The maximum Gasteiger partial charge on any atom is 0.157 e. The lowest BCUT2D eigenvalue weighted by Crippen LogP contribution is -2.23. The third kappa shape index (κ3) is 2.71. The Bertz CT molecular complexity index is 527. The predicted molar refractivity (Wildman–Crippen MR) is 75.8 cm³/mol. The fourth-order valence-corrected chi connectivity index (χ4v) is 3.03. The van der Waals surface area contributed by atoms with Crippen LogP contribution >= 0.6 is 0 Å². The molecule has 1 aromatic carbocycles. The van der Waals surface area contributed by atoms with Crippen LogP contribution in [0, 0.1) is 37.0 Å². The number of benzene rings is 1. The van der Waals surface area contributed by atoms with Gasteiger partial charge >= 0.3 is 0 Å². The molecule has 1 fully saturated rings. The molecule has 0 bridgehead atoms. The van der Waals surface area contributed by atoms with Gasteiger partial charge in [-0.2, -0.15) is 5.26 Å². The van der Waals surface area contributed by atoms with Gasteiger partial charge in [-0.15, -0.1) is 0 Å². The summed E-state index contributed by atoms with van der Waals surface area (Å²) in [5.41, 5.74) is 3.20. The van der Waals surface area contributed by atoms with Crippen LogP contribution in [0.15, 0.2) is 18.2 Å². The van der Waals surface area contributed by atoms with Gasteiger partial charge < -0.3 is 0 Å². The zero-order valence-corrected chi connectivity index (χ0v) is 11.9.